The molecule has 2 rings (SSSR count). The molecule has 5 nitrogen and oxygen atoms in total. The number of carboxylic acids is 1. The quantitative estimate of drug-likeness (QED) is 0.908. The monoisotopic (exact) mass is 315 g/mol. The average Bonchev–Trinajstić information content (AvgIpc) is 2.74. The molecular weight excluding hydrogens is 302 g/mol. The van der Waals surface area contributed by atoms with Crippen LogP contribution < -0.4 is 0 Å². The van der Waals surface area contributed by atoms with Crippen LogP contribution in [0.4, 0.5) is 0 Å². The zero-order valence-corrected chi connectivity index (χ0v) is 11.5. The van der Waals surface area contributed by atoms with Crippen molar-refractivity contribution in [2.45, 2.75) is 13.3 Å². The second-order valence-electron chi connectivity index (χ2n) is 4.57. The van der Waals surface area contributed by atoms with Crippen LogP contribution in [-0.2, 0) is 4.79 Å². The minimum atomic E-state index is -0.782. The zero-order valence-electron chi connectivity index (χ0n) is 9.93. The Morgan fingerprint density at radius 2 is 2.22 bits per heavy atom. The molecule has 2 atom stereocenters. The molecule has 1 aliphatic rings. The van der Waals surface area contributed by atoms with Crippen molar-refractivity contribution in [3.63, 3.8) is 0 Å². The highest BCUT2D eigenvalue weighted by atomic mass is 79.9. The van der Waals surface area contributed by atoms with Crippen molar-refractivity contribution < 1.29 is 19.1 Å². The predicted octanol–water partition coefficient (Wildman–Crippen LogP) is 2.22. The highest BCUT2D eigenvalue weighted by Gasteiger charge is 2.33. The van der Waals surface area contributed by atoms with E-state index in [-0.39, 0.29) is 23.5 Å². The number of rotatable bonds is 2. The normalized spacial score (nSPS) is 24.0. The van der Waals surface area contributed by atoms with Crippen molar-refractivity contribution in [3.05, 3.63) is 22.6 Å². The van der Waals surface area contributed by atoms with Gasteiger partial charge in [0.05, 0.1) is 5.92 Å². The van der Waals surface area contributed by atoms with E-state index in [0.717, 1.165) is 0 Å². The molecule has 0 saturated carbocycles. The van der Waals surface area contributed by atoms with Crippen molar-refractivity contribution in [3.8, 4) is 0 Å². The maximum atomic E-state index is 12.1. The van der Waals surface area contributed by atoms with Gasteiger partial charge in [0.2, 0.25) is 0 Å². The summed E-state index contributed by atoms with van der Waals surface area (Å²) in [5, 5.41) is 9.03. The van der Waals surface area contributed by atoms with Gasteiger partial charge in [-0.3, -0.25) is 9.59 Å². The number of likely N-dealkylation sites (tertiary alicyclic amines) is 1. The van der Waals surface area contributed by atoms with E-state index in [1.54, 1.807) is 17.0 Å². The van der Waals surface area contributed by atoms with Gasteiger partial charge in [-0.15, -0.1) is 0 Å². The molecule has 1 fully saturated rings. The number of furan rings is 1. The molecule has 0 spiro atoms. The van der Waals surface area contributed by atoms with Gasteiger partial charge in [0, 0.05) is 13.1 Å². The Bertz CT molecular complexity index is 470. The van der Waals surface area contributed by atoms with E-state index in [9.17, 15) is 9.59 Å². The van der Waals surface area contributed by atoms with E-state index in [0.29, 0.717) is 24.2 Å². The molecule has 1 aliphatic heterocycles. The topological polar surface area (TPSA) is 70.8 Å². The van der Waals surface area contributed by atoms with Crippen LogP contribution in [0.1, 0.15) is 23.9 Å². The number of piperidine rings is 1. The number of aliphatic carboxylic acids is 1. The van der Waals surface area contributed by atoms with Crippen LogP contribution in [-0.4, -0.2) is 35.0 Å². The molecule has 1 N–H and O–H groups in total. The molecule has 1 aromatic heterocycles. The Labute approximate surface area is 113 Å². The Morgan fingerprint density at radius 1 is 1.50 bits per heavy atom. The number of hydrogen-bond donors (Lipinski definition) is 1. The van der Waals surface area contributed by atoms with E-state index in [1.807, 2.05) is 6.92 Å². The third kappa shape index (κ3) is 2.58. The molecule has 2 heterocycles. The summed E-state index contributed by atoms with van der Waals surface area (Å²) in [6.07, 6.45) is 0.490. The first-order valence-electron chi connectivity index (χ1n) is 5.76. The van der Waals surface area contributed by atoms with Crippen LogP contribution >= 0.6 is 15.9 Å². The minimum Gasteiger partial charge on any atom is -0.481 e. The van der Waals surface area contributed by atoms with E-state index in [2.05, 4.69) is 15.9 Å². The zero-order chi connectivity index (χ0) is 13.3. The number of halogens is 1. The van der Waals surface area contributed by atoms with Crippen molar-refractivity contribution in [2.75, 3.05) is 13.1 Å². The van der Waals surface area contributed by atoms with Crippen LogP contribution in [0.25, 0.3) is 0 Å². The SMILES string of the molecule is CC1CN(C(=O)c2ccc(Br)o2)CCC1C(=O)O. The van der Waals surface area contributed by atoms with E-state index in [1.165, 1.54) is 0 Å². The van der Waals surface area contributed by atoms with Gasteiger partial charge in [-0.05, 0) is 40.4 Å². The second-order valence-corrected chi connectivity index (χ2v) is 5.35. The average molecular weight is 316 g/mol. The van der Waals surface area contributed by atoms with Crippen LogP contribution in [0.3, 0.4) is 0 Å². The van der Waals surface area contributed by atoms with Gasteiger partial charge in [0.1, 0.15) is 0 Å². The summed E-state index contributed by atoms with van der Waals surface area (Å²) in [4.78, 5) is 24.7. The van der Waals surface area contributed by atoms with Crippen LogP contribution in [0.15, 0.2) is 21.2 Å². The molecule has 1 amide bonds. The molecule has 1 aromatic rings. The summed E-state index contributed by atoms with van der Waals surface area (Å²) < 4.78 is 5.73. The molecule has 0 radical (unpaired) electrons. The van der Waals surface area contributed by atoms with Gasteiger partial charge in [-0.25, -0.2) is 0 Å². The van der Waals surface area contributed by atoms with Gasteiger partial charge in [-0.2, -0.15) is 0 Å². The first kappa shape index (κ1) is 13.1. The molecular formula is C12H14BrNO4. The van der Waals surface area contributed by atoms with Crippen molar-refractivity contribution in [1.29, 1.82) is 0 Å². The fourth-order valence-corrected chi connectivity index (χ4v) is 2.59. The predicted molar refractivity (Wildman–Crippen MR) is 67.2 cm³/mol. The van der Waals surface area contributed by atoms with Crippen molar-refractivity contribution >= 4 is 27.8 Å². The van der Waals surface area contributed by atoms with Gasteiger partial charge >= 0.3 is 5.97 Å². The lowest BCUT2D eigenvalue weighted by molar-refractivity contribution is -0.145. The highest BCUT2D eigenvalue weighted by molar-refractivity contribution is 9.10. The Hall–Kier alpha value is -1.30. The van der Waals surface area contributed by atoms with Crippen molar-refractivity contribution in [1.82, 2.24) is 4.90 Å². The van der Waals surface area contributed by atoms with Gasteiger partial charge < -0.3 is 14.4 Å². The minimum absolute atomic E-state index is 0.0430. The number of carbonyl (C=O) groups is 2. The summed E-state index contributed by atoms with van der Waals surface area (Å²) in [6, 6.07) is 3.28. The van der Waals surface area contributed by atoms with Crippen LogP contribution in [0.5, 0.6) is 0 Å². The first-order valence-corrected chi connectivity index (χ1v) is 6.55. The second kappa shape index (κ2) is 5.14. The number of carbonyl (C=O) groups excluding carboxylic acids is 1. The Balaban J connectivity index is 2.04. The first-order chi connectivity index (χ1) is 8.49. The van der Waals surface area contributed by atoms with Crippen molar-refractivity contribution in [2.24, 2.45) is 11.8 Å². The lowest BCUT2D eigenvalue weighted by Gasteiger charge is -2.34. The molecule has 98 valence electrons. The van der Waals surface area contributed by atoms with Gasteiger partial charge in [0.25, 0.3) is 5.91 Å². The number of hydrogen-bond acceptors (Lipinski definition) is 3. The van der Waals surface area contributed by atoms with E-state index in [4.69, 9.17) is 9.52 Å². The number of carboxylic acid groups (broad SMARTS) is 1. The molecule has 2 unspecified atom stereocenters. The van der Waals surface area contributed by atoms with Gasteiger partial charge in [0.15, 0.2) is 10.4 Å². The van der Waals surface area contributed by atoms with E-state index < -0.39 is 5.97 Å². The summed E-state index contributed by atoms with van der Waals surface area (Å²) in [6.45, 7) is 2.77. The fraction of sp³-hybridized carbons (Fsp3) is 0.500. The summed E-state index contributed by atoms with van der Waals surface area (Å²) >= 11 is 3.15. The third-order valence-electron chi connectivity index (χ3n) is 3.29. The Kier molecular flexibility index (Phi) is 3.75. The third-order valence-corrected chi connectivity index (χ3v) is 3.72. The maximum absolute atomic E-state index is 12.1. The smallest absolute Gasteiger partial charge is 0.306 e. The standard InChI is InChI=1S/C12H14BrNO4/c1-7-6-14(5-4-8(7)12(16)17)11(15)9-2-3-10(13)18-9/h2-3,7-8H,4-6H2,1H3,(H,16,17). The number of amides is 1. The van der Waals surface area contributed by atoms with Crippen LogP contribution in [0.2, 0.25) is 0 Å². The maximum Gasteiger partial charge on any atom is 0.306 e. The molecule has 0 aliphatic carbocycles. The largest absolute Gasteiger partial charge is 0.481 e. The lowest BCUT2D eigenvalue weighted by atomic mass is 9.87. The van der Waals surface area contributed by atoms with Crippen LogP contribution in [0, 0.1) is 11.8 Å². The number of nitrogens with zero attached hydrogens (tertiary/aromatic N) is 1. The molecule has 0 aromatic carbocycles. The summed E-state index contributed by atoms with van der Waals surface area (Å²) in [7, 11) is 0. The molecule has 0 bridgehead atoms. The molecule has 18 heavy (non-hydrogen) atoms. The summed E-state index contributed by atoms with van der Waals surface area (Å²) in [5.41, 5.74) is 0. The highest BCUT2D eigenvalue weighted by Crippen LogP contribution is 2.25. The van der Waals surface area contributed by atoms with E-state index >= 15 is 0 Å². The molecule has 1 saturated heterocycles. The molecule has 6 heteroatoms. The Morgan fingerprint density at radius 3 is 2.72 bits per heavy atom. The fourth-order valence-electron chi connectivity index (χ4n) is 2.28. The lowest BCUT2D eigenvalue weighted by Crippen LogP contribution is -2.44. The van der Waals surface area contributed by atoms with Gasteiger partial charge in [-0.1, -0.05) is 6.92 Å². The summed E-state index contributed by atoms with van der Waals surface area (Å²) in [5.74, 6) is -1.09.